The lowest BCUT2D eigenvalue weighted by atomic mass is 10.1. The summed E-state index contributed by atoms with van der Waals surface area (Å²) >= 11 is 3.51. The molecule has 0 aliphatic carbocycles. The molecule has 0 radical (unpaired) electrons. The fourth-order valence-electron chi connectivity index (χ4n) is 2.44. The minimum atomic E-state index is -0.480. The number of esters is 1. The molecule has 1 unspecified atom stereocenters. The molecule has 22 heavy (non-hydrogen) atoms. The van der Waals surface area contributed by atoms with E-state index >= 15 is 0 Å². The Labute approximate surface area is 136 Å². The van der Waals surface area contributed by atoms with Gasteiger partial charge in [-0.05, 0) is 17.7 Å². The third kappa shape index (κ3) is 2.90. The zero-order chi connectivity index (χ0) is 15.5. The lowest BCUT2D eigenvalue weighted by Gasteiger charge is -2.15. The number of benzene rings is 2. The van der Waals surface area contributed by atoms with E-state index in [1.54, 1.807) is 4.68 Å². The second-order valence-corrected chi connectivity index (χ2v) is 5.86. The standard InChI is InChI=1S/C17H15BrN2O2/c1-22-17(21)16(10-12-6-3-2-4-7-12)20-11-13-14(18)8-5-9-15(13)19-20/h2-9,11,16H,10H2,1H3. The van der Waals surface area contributed by atoms with Gasteiger partial charge >= 0.3 is 5.97 Å². The quantitative estimate of drug-likeness (QED) is 0.667. The van der Waals surface area contributed by atoms with Crippen molar-refractivity contribution in [3.8, 4) is 0 Å². The maximum Gasteiger partial charge on any atom is 0.331 e. The largest absolute Gasteiger partial charge is 0.467 e. The number of fused-ring (bicyclic) bond motifs is 1. The van der Waals surface area contributed by atoms with Crippen molar-refractivity contribution >= 4 is 32.8 Å². The molecule has 0 bridgehead atoms. The molecule has 112 valence electrons. The summed E-state index contributed by atoms with van der Waals surface area (Å²) in [7, 11) is 1.40. The van der Waals surface area contributed by atoms with E-state index in [-0.39, 0.29) is 5.97 Å². The first kappa shape index (κ1) is 14.8. The number of carbonyl (C=O) groups excluding carboxylic acids is 1. The smallest absolute Gasteiger partial charge is 0.331 e. The molecule has 4 nitrogen and oxygen atoms in total. The number of ether oxygens (including phenoxy) is 1. The summed E-state index contributed by atoms with van der Waals surface area (Å²) in [4.78, 5) is 12.2. The molecule has 0 saturated heterocycles. The summed E-state index contributed by atoms with van der Waals surface area (Å²) < 4.78 is 7.60. The van der Waals surface area contributed by atoms with E-state index in [0.717, 1.165) is 20.9 Å². The van der Waals surface area contributed by atoms with Gasteiger partial charge in [0.25, 0.3) is 0 Å². The van der Waals surface area contributed by atoms with Gasteiger partial charge in [-0.3, -0.25) is 4.68 Å². The van der Waals surface area contributed by atoms with Crippen LogP contribution in [0.4, 0.5) is 0 Å². The Morgan fingerprint density at radius 3 is 2.68 bits per heavy atom. The van der Waals surface area contributed by atoms with Crippen molar-refractivity contribution in [2.24, 2.45) is 0 Å². The monoisotopic (exact) mass is 358 g/mol. The number of carbonyl (C=O) groups is 1. The van der Waals surface area contributed by atoms with E-state index in [1.165, 1.54) is 7.11 Å². The Balaban J connectivity index is 2.00. The highest BCUT2D eigenvalue weighted by Crippen LogP contribution is 2.25. The predicted molar refractivity (Wildman–Crippen MR) is 88.6 cm³/mol. The van der Waals surface area contributed by atoms with Crippen molar-refractivity contribution in [1.82, 2.24) is 9.78 Å². The molecule has 1 atom stereocenters. The molecular weight excluding hydrogens is 344 g/mol. The van der Waals surface area contributed by atoms with E-state index in [2.05, 4.69) is 21.0 Å². The minimum Gasteiger partial charge on any atom is -0.467 e. The summed E-state index contributed by atoms with van der Waals surface area (Å²) in [5, 5.41) is 5.50. The Hall–Kier alpha value is -2.14. The van der Waals surface area contributed by atoms with Gasteiger partial charge in [-0.25, -0.2) is 4.79 Å². The number of aromatic nitrogens is 2. The third-order valence-electron chi connectivity index (χ3n) is 3.58. The van der Waals surface area contributed by atoms with Crippen LogP contribution in [0.3, 0.4) is 0 Å². The molecule has 5 heteroatoms. The van der Waals surface area contributed by atoms with E-state index in [4.69, 9.17) is 4.74 Å². The average Bonchev–Trinajstić information content (AvgIpc) is 2.98. The number of hydrogen-bond donors (Lipinski definition) is 0. The van der Waals surface area contributed by atoms with Crippen molar-refractivity contribution in [2.75, 3.05) is 7.11 Å². The van der Waals surface area contributed by atoms with E-state index < -0.39 is 6.04 Å². The topological polar surface area (TPSA) is 44.1 Å². The second-order valence-electron chi connectivity index (χ2n) is 5.01. The van der Waals surface area contributed by atoms with E-state index in [0.29, 0.717) is 6.42 Å². The van der Waals surface area contributed by atoms with E-state index in [1.807, 2.05) is 54.7 Å². The molecular formula is C17H15BrN2O2. The van der Waals surface area contributed by atoms with Gasteiger partial charge in [0.1, 0.15) is 0 Å². The zero-order valence-corrected chi connectivity index (χ0v) is 13.7. The summed E-state index contributed by atoms with van der Waals surface area (Å²) in [6, 6.07) is 15.2. The van der Waals surface area contributed by atoms with Crippen LogP contribution in [0.25, 0.3) is 10.9 Å². The Morgan fingerprint density at radius 1 is 1.23 bits per heavy atom. The maximum atomic E-state index is 12.2. The molecule has 2 aromatic carbocycles. The molecule has 3 aromatic rings. The van der Waals surface area contributed by atoms with Crippen molar-refractivity contribution in [3.63, 3.8) is 0 Å². The lowest BCUT2D eigenvalue weighted by Crippen LogP contribution is -2.23. The first-order chi connectivity index (χ1) is 10.7. The van der Waals surface area contributed by atoms with Crippen LogP contribution in [-0.4, -0.2) is 22.9 Å². The van der Waals surface area contributed by atoms with Crippen molar-refractivity contribution in [2.45, 2.75) is 12.5 Å². The van der Waals surface area contributed by atoms with Gasteiger partial charge in [0.15, 0.2) is 6.04 Å². The first-order valence-corrected chi connectivity index (χ1v) is 7.73. The van der Waals surface area contributed by atoms with Gasteiger partial charge in [-0.15, -0.1) is 0 Å². The maximum absolute atomic E-state index is 12.2. The van der Waals surface area contributed by atoms with Crippen LogP contribution in [0.1, 0.15) is 11.6 Å². The zero-order valence-electron chi connectivity index (χ0n) is 12.1. The number of halogens is 1. The van der Waals surface area contributed by atoms with Gasteiger partial charge in [0.05, 0.1) is 12.6 Å². The Morgan fingerprint density at radius 2 is 2.00 bits per heavy atom. The highest BCUT2D eigenvalue weighted by Gasteiger charge is 2.23. The molecule has 1 heterocycles. The fourth-order valence-corrected chi connectivity index (χ4v) is 2.90. The molecule has 0 aliphatic heterocycles. The van der Waals surface area contributed by atoms with Gasteiger partial charge in [-0.2, -0.15) is 5.10 Å². The molecule has 0 fully saturated rings. The summed E-state index contributed by atoms with van der Waals surface area (Å²) in [6.45, 7) is 0. The van der Waals surface area contributed by atoms with Crippen LogP contribution in [-0.2, 0) is 16.0 Å². The Bertz CT molecular complexity index is 799. The summed E-state index contributed by atoms with van der Waals surface area (Å²) in [5.41, 5.74) is 1.91. The Kier molecular flexibility index (Phi) is 4.24. The van der Waals surface area contributed by atoms with Gasteiger partial charge in [0, 0.05) is 22.5 Å². The molecule has 0 spiro atoms. The highest BCUT2D eigenvalue weighted by atomic mass is 79.9. The van der Waals surface area contributed by atoms with E-state index in [9.17, 15) is 4.79 Å². The fraction of sp³-hybridized carbons (Fsp3) is 0.176. The molecule has 0 N–H and O–H groups in total. The number of methoxy groups -OCH3 is 1. The van der Waals surface area contributed by atoms with Crippen molar-refractivity contribution < 1.29 is 9.53 Å². The molecule has 3 rings (SSSR count). The predicted octanol–water partition coefficient (Wildman–Crippen LogP) is 3.76. The molecule has 0 amide bonds. The van der Waals surface area contributed by atoms with Crippen molar-refractivity contribution in [3.05, 3.63) is 64.8 Å². The summed E-state index contributed by atoms with van der Waals surface area (Å²) in [5.74, 6) is -0.298. The summed E-state index contributed by atoms with van der Waals surface area (Å²) in [6.07, 6.45) is 2.42. The molecule has 0 aliphatic rings. The minimum absolute atomic E-state index is 0.298. The number of rotatable bonds is 4. The molecule has 1 aromatic heterocycles. The highest BCUT2D eigenvalue weighted by molar-refractivity contribution is 9.10. The lowest BCUT2D eigenvalue weighted by molar-refractivity contribution is -0.144. The van der Waals surface area contributed by atoms with Crippen LogP contribution in [0.5, 0.6) is 0 Å². The third-order valence-corrected chi connectivity index (χ3v) is 4.27. The van der Waals surface area contributed by atoms with Gasteiger partial charge in [0.2, 0.25) is 0 Å². The first-order valence-electron chi connectivity index (χ1n) is 6.94. The van der Waals surface area contributed by atoms with Crippen molar-refractivity contribution in [1.29, 1.82) is 0 Å². The van der Waals surface area contributed by atoms with Crippen LogP contribution >= 0.6 is 15.9 Å². The number of nitrogens with zero attached hydrogens (tertiary/aromatic N) is 2. The van der Waals surface area contributed by atoms with Crippen LogP contribution in [0.15, 0.2) is 59.2 Å². The van der Waals surface area contributed by atoms with Crippen LogP contribution < -0.4 is 0 Å². The second kappa shape index (κ2) is 6.32. The van der Waals surface area contributed by atoms with Crippen LogP contribution in [0.2, 0.25) is 0 Å². The number of hydrogen-bond acceptors (Lipinski definition) is 3. The normalized spacial score (nSPS) is 12.3. The van der Waals surface area contributed by atoms with Gasteiger partial charge < -0.3 is 4.74 Å². The SMILES string of the molecule is COC(=O)C(Cc1ccccc1)n1cc2c(Br)cccc2n1. The van der Waals surface area contributed by atoms with Gasteiger partial charge in [-0.1, -0.05) is 52.3 Å². The average molecular weight is 359 g/mol. The van der Waals surface area contributed by atoms with Crippen LogP contribution in [0, 0.1) is 0 Å². The molecule has 0 saturated carbocycles.